The zero-order chi connectivity index (χ0) is 18.1. The van der Waals surface area contributed by atoms with Crippen molar-refractivity contribution in [3.05, 3.63) is 67.3 Å². The number of hydrogen-bond donors (Lipinski definition) is 1. The van der Waals surface area contributed by atoms with E-state index in [0.29, 0.717) is 12.3 Å². The second kappa shape index (κ2) is 9.27. The summed E-state index contributed by atoms with van der Waals surface area (Å²) in [5, 5.41) is 2.57. The Morgan fingerprint density at radius 1 is 1.12 bits per heavy atom. The van der Waals surface area contributed by atoms with E-state index in [1.807, 2.05) is 48.5 Å². The normalized spacial score (nSPS) is 11.2. The summed E-state index contributed by atoms with van der Waals surface area (Å²) in [6, 6.07) is 17.2. The lowest BCUT2D eigenvalue weighted by molar-refractivity contribution is -0.156. The molecule has 0 fully saturated rings. The SMILES string of the molecule is C=CCNC(=O)C(C)OC(=O)COc1ccccc1-c1ccccc1. The molecule has 2 aromatic carbocycles. The van der Waals surface area contributed by atoms with Crippen LogP contribution in [0.1, 0.15) is 6.92 Å². The first-order valence-electron chi connectivity index (χ1n) is 7.97. The summed E-state index contributed by atoms with van der Waals surface area (Å²) in [5.41, 5.74) is 1.87. The molecule has 0 aliphatic rings. The van der Waals surface area contributed by atoms with Gasteiger partial charge >= 0.3 is 5.97 Å². The maximum absolute atomic E-state index is 11.9. The van der Waals surface area contributed by atoms with Gasteiger partial charge in [-0.05, 0) is 18.6 Å². The molecule has 1 amide bonds. The van der Waals surface area contributed by atoms with E-state index in [9.17, 15) is 9.59 Å². The molecule has 130 valence electrons. The molecule has 1 atom stereocenters. The van der Waals surface area contributed by atoms with Gasteiger partial charge in [0.2, 0.25) is 0 Å². The van der Waals surface area contributed by atoms with Crippen LogP contribution in [0.5, 0.6) is 5.75 Å². The number of carbonyl (C=O) groups is 2. The minimum atomic E-state index is -0.889. The van der Waals surface area contributed by atoms with Crippen molar-refractivity contribution in [1.82, 2.24) is 5.32 Å². The molecule has 2 aromatic rings. The summed E-state index contributed by atoms with van der Waals surface area (Å²) in [6.45, 7) is 5.06. The summed E-state index contributed by atoms with van der Waals surface area (Å²) < 4.78 is 10.7. The van der Waals surface area contributed by atoms with Crippen LogP contribution in [-0.2, 0) is 14.3 Å². The molecule has 0 bridgehead atoms. The van der Waals surface area contributed by atoms with Crippen molar-refractivity contribution in [3.8, 4) is 16.9 Å². The van der Waals surface area contributed by atoms with E-state index < -0.39 is 12.1 Å². The lowest BCUT2D eigenvalue weighted by atomic mass is 10.1. The average molecular weight is 339 g/mol. The minimum absolute atomic E-state index is 0.275. The van der Waals surface area contributed by atoms with Gasteiger partial charge in [-0.3, -0.25) is 4.79 Å². The monoisotopic (exact) mass is 339 g/mol. The average Bonchev–Trinajstić information content (AvgIpc) is 2.65. The highest BCUT2D eigenvalue weighted by Crippen LogP contribution is 2.29. The number of nitrogens with one attached hydrogen (secondary N) is 1. The largest absolute Gasteiger partial charge is 0.481 e. The van der Waals surface area contributed by atoms with Crippen LogP contribution in [0.2, 0.25) is 0 Å². The second-order valence-electron chi connectivity index (χ2n) is 5.32. The van der Waals surface area contributed by atoms with Crippen LogP contribution >= 0.6 is 0 Å². The molecule has 0 saturated heterocycles. The van der Waals surface area contributed by atoms with Crippen molar-refractivity contribution in [3.63, 3.8) is 0 Å². The van der Waals surface area contributed by atoms with Crippen LogP contribution in [0.15, 0.2) is 67.3 Å². The van der Waals surface area contributed by atoms with Crippen LogP contribution in [-0.4, -0.2) is 31.1 Å². The Morgan fingerprint density at radius 3 is 2.52 bits per heavy atom. The molecule has 0 saturated carbocycles. The molecule has 0 radical (unpaired) electrons. The van der Waals surface area contributed by atoms with Gasteiger partial charge in [-0.15, -0.1) is 6.58 Å². The van der Waals surface area contributed by atoms with Gasteiger partial charge in [0.1, 0.15) is 5.75 Å². The van der Waals surface area contributed by atoms with Crippen molar-refractivity contribution in [2.24, 2.45) is 0 Å². The number of hydrogen-bond acceptors (Lipinski definition) is 4. The van der Waals surface area contributed by atoms with Gasteiger partial charge in [0, 0.05) is 12.1 Å². The molecular weight excluding hydrogens is 318 g/mol. The molecule has 1 unspecified atom stereocenters. The third-order valence-electron chi connectivity index (χ3n) is 3.42. The predicted molar refractivity (Wildman–Crippen MR) is 96.1 cm³/mol. The first-order valence-corrected chi connectivity index (χ1v) is 7.97. The number of esters is 1. The maximum Gasteiger partial charge on any atom is 0.344 e. The van der Waals surface area contributed by atoms with E-state index in [0.717, 1.165) is 11.1 Å². The number of ether oxygens (including phenoxy) is 2. The molecule has 0 aliphatic heterocycles. The number of rotatable bonds is 8. The van der Waals surface area contributed by atoms with Crippen molar-refractivity contribution < 1.29 is 19.1 Å². The van der Waals surface area contributed by atoms with Gasteiger partial charge in [-0.2, -0.15) is 0 Å². The third-order valence-corrected chi connectivity index (χ3v) is 3.42. The molecule has 5 nitrogen and oxygen atoms in total. The molecule has 0 spiro atoms. The predicted octanol–water partition coefficient (Wildman–Crippen LogP) is 2.97. The van der Waals surface area contributed by atoms with Crippen LogP contribution in [0.4, 0.5) is 0 Å². The van der Waals surface area contributed by atoms with Gasteiger partial charge in [-0.1, -0.05) is 54.6 Å². The molecular formula is C20H21NO4. The standard InChI is InChI=1S/C20H21NO4/c1-3-13-21-20(23)15(2)25-19(22)14-24-18-12-8-7-11-17(18)16-9-5-4-6-10-16/h3-12,15H,1,13-14H2,2H3,(H,21,23). The van der Waals surface area contributed by atoms with E-state index in [1.54, 1.807) is 12.1 Å². The van der Waals surface area contributed by atoms with Gasteiger partial charge in [0.25, 0.3) is 5.91 Å². The first-order chi connectivity index (χ1) is 12.1. The Labute approximate surface area is 147 Å². The second-order valence-corrected chi connectivity index (χ2v) is 5.32. The van der Waals surface area contributed by atoms with E-state index in [4.69, 9.17) is 9.47 Å². The molecule has 0 aliphatic carbocycles. The highest BCUT2D eigenvalue weighted by molar-refractivity contribution is 5.83. The minimum Gasteiger partial charge on any atom is -0.481 e. The van der Waals surface area contributed by atoms with Crippen molar-refractivity contribution >= 4 is 11.9 Å². The molecule has 0 aromatic heterocycles. The summed E-state index contributed by atoms with van der Waals surface area (Å²) >= 11 is 0. The van der Waals surface area contributed by atoms with Crippen LogP contribution in [0.25, 0.3) is 11.1 Å². The Hall–Kier alpha value is -3.08. The van der Waals surface area contributed by atoms with Crippen LogP contribution in [0, 0.1) is 0 Å². The fourth-order valence-electron chi connectivity index (χ4n) is 2.19. The lowest BCUT2D eigenvalue weighted by Gasteiger charge is -2.14. The van der Waals surface area contributed by atoms with Crippen molar-refractivity contribution in [2.45, 2.75) is 13.0 Å². The molecule has 2 rings (SSSR count). The third kappa shape index (κ3) is 5.49. The highest BCUT2D eigenvalue weighted by Gasteiger charge is 2.17. The molecule has 25 heavy (non-hydrogen) atoms. The Bertz CT molecular complexity index is 727. The van der Waals surface area contributed by atoms with E-state index >= 15 is 0 Å². The van der Waals surface area contributed by atoms with Crippen LogP contribution < -0.4 is 10.1 Å². The zero-order valence-electron chi connectivity index (χ0n) is 14.1. The molecule has 1 N–H and O–H groups in total. The fourth-order valence-corrected chi connectivity index (χ4v) is 2.19. The number of benzene rings is 2. The Morgan fingerprint density at radius 2 is 1.80 bits per heavy atom. The molecule has 0 heterocycles. The summed E-state index contributed by atoms with van der Waals surface area (Å²) in [6.07, 6.45) is 0.663. The van der Waals surface area contributed by atoms with Gasteiger partial charge in [0.05, 0.1) is 0 Å². The van der Waals surface area contributed by atoms with Gasteiger partial charge < -0.3 is 14.8 Å². The van der Waals surface area contributed by atoms with Gasteiger partial charge in [-0.25, -0.2) is 4.79 Å². The Balaban J connectivity index is 1.94. The van der Waals surface area contributed by atoms with Crippen molar-refractivity contribution in [2.75, 3.05) is 13.2 Å². The van der Waals surface area contributed by atoms with Crippen LogP contribution in [0.3, 0.4) is 0 Å². The van der Waals surface area contributed by atoms with Gasteiger partial charge in [0.15, 0.2) is 12.7 Å². The quantitative estimate of drug-likeness (QED) is 0.593. The first kappa shape index (κ1) is 18.3. The van der Waals surface area contributed by atoms with E-state index in [1.165, 1.54) is 6.92 Å². The smallest absolute Gasteiger partial charge is 0.344 e. The summed E-state index contributed by atoms with van der Waals surface area (Å²) in [5.74, 6) is -0.406. The van der Waals surface area contributed by atoms with E-state index in [-0.39, 0.29) is 12.5 Å². The molecule has 5 heteroatoms. The zero-order valence-corrected chi connectivity index (χ0v) is 14.1. The highest BCUT2D eigenvalue weighted by atomic mass is 16.6. The number of para-hydroxylation sites is 1. The number of carbonyl (C=O) groups excluding carboxylic acids is 2. The summed E-state index contributed by atoms with van der Waals surface area (Å²) in [4.78, 5) is 23.6. The maximum atomic E-state index is 11.9. The topological polar surface area (TPSA) is 64.6 Å². The van der Waals surface area contributed by atoms with Crippen molar-refractivity contribution in [1.29, 1.82) is 0 Å². The van der Waals surface area contributed by atoms with E-state index in [2.05, 4.69) is 11.9 Å². The fraction of sp³-hybridized carbons (Fsp3) is 0.200. The Kier molecular flexibility index (Phi) is 6.77. The number of amides is 1. The lowest BCUT2D eigenvalue weighted by Crippen LogP contribution is -2.36. The summed E-state index contributed by atoms with van der Waals surface area (Å²) in [7, 11) is 0.